The first-order chi connectivity index (χ1) is 11.3. The summed E-state index contributed by atoms with van der Waals surface area (Å²) in [6.07, 6.45) is 1.11. The number of aromatic nitrogens is 3. The van der Waals surface area contributed by atoms with Crippen LogP contribution in [0.5, 0.6) is 0 Å². The molecule has 1 aromatic heterocycles. The molecule has 1 saturated heterocycles. The van der Waals surface area contributed by atoms with E-state index < -0.39 is 0 Å². The normalized spacial score (nSPS) is 17.7. The van der Waals surface area contributed by atoms with Crippen molar-refractivity contribution in [2.24, 2.45) is 5.92 Å². The number of anilines is 1. The van der Waals surface area contributed by atoms with Gasteiger partial charge >= 0.3 is 0 Å². The van der Waals surface area contributed by atoms with E-state index in [1.165, 1.54) is 16.9 Å². The van der Waals surface area contributed by atoms with Crippen molar-refractivity contribution in [1.82, 2.24) is 15.0 Å². The lowest BCUT2D eigenvalue weighted by Crippen LogP contribution is -2.13. The Morgan fingerprint density at radius 3 is 2.74 bits per heavy atom. The highest BCUT2D eigenvalue weighted by Crippen LogP contribution is 2.19. The van der Waals surface area contributed by atoms with Crippen LogP contribution in [0.2, 0.25) is 0 Å². The van der Waals surface area contributed by atoms with Crippen LogP contribution in [0.15, 0.2) is 42.5 Å². The van der Waals surface area contributed by atoms with Crippen LogP contribution in [0.3, 0.4) is 0 Å². The molecule has 6 heteroatoms. The van der Waals surface area contributed by atoms with E-state index in [9.17, 15) is 4.39 Å². The van der Waals surface area contributed by atoms with E-state index in [0.717, 1.165) is 48.6 Å². The van der Waals surface area contributed by atoms with Gasteiger partial charge in [-0.15, -0.1) is 10.2 Å². The van der Waals surface area contributed by atoms with Crippen molar-refractivity contribution in [3.8, 4) is 5.69 Å². The number of hydrogen-bond acceptors (Lipinski definition) is 4. The summed E-state index contributed by atoms with van der Waals surface area (Å²) in [5, 5.41) is 12.3. The van der Waals surface area contributed by atoms with Gasteiger partial charge in [-0.05, 0) is 48.9 Å². The number of rotatable bonds is 4. The average molecular weight is 312 g/mol. The predicted octanol–water partition coefficient (Wildman–Crippen LogP) is 3.01. The van der Waals surface area contributed by atoms with E-state index in [2.05, 4.69) is 15.5 Å². The molecule has 0 spiro atoms. The second-order valence-corrected chi connectivity index (χ2v) is 5.78. The molecule has 4 rings (SSSR count). The molecule has 0 radical (unpaired) electrons. The molecule has 1 N–H and O–H groups in total. The Morgan fingerprint density at radius 1 is 1.13 bits per heavy atom. The van der Waals surface area contributed by atoms with Crippen molar-refractivity contribution >= 4 is 16.7 Å². The molecule has 3 aromatic rings. The molecule has 1 atom stereocenters. The minimum atomic E-state index is -0.271. The molecule has 118 valence electrons. The fraction of sp³-hybridized carbons (Fsp3) is 0.294. The van der Waals surface area contributed by atoms with Gasteiger partial charge in [0, 0.05) is 24.8 Å². The van der Waals surface area contributed by atoms with Gasteiger partial charge in [0.05, 0.1) is 12.3 Å². The van der Waals surface area contributed by atoms with E-state index in [1.807, 2.05) is 18.2 Å². The van der Waals surface area contributed by atoms with Crippen LogP contribution in [0, 0.1) is 11.7 Å². The highest BCUT2D eigenvalue weighted by atomic mass is 19.1. The first kappa shape index (κ1) is 14.1. The summed E-state index contributed by atoms with van der Waals surface area (Å²) in [6.45, 7) is 2.59. The lowest BCUT2D eigenvalue weighted by atomic mass is 10.1. The topological polar surface area (TPSA) is 52.0 Å². The van der Waals surface area contributed by atoms with E-state index in [-0.39, 0.29) is 5.82 Å². The standard InChI is InChI=1S/C17H17FN4O/c18-13-1-4-15(5-2-13)22-20-16-6-3-14(9-17(16)21-22)19-10-12-7-8-23-11-12/h1-6,9,12,19H,7-8,10-11H2. The largest absolute Gasteiger partial charge is 0.385 e. The first-order valence-corrected chi connectivity index (χ1v) is 7.72. The fourth-order valence-corrected chi connectivity index (χ4v) is 2.72. The van der Waals surface area contributed by atoms with Crippen molar-refractivity contribution < 1.29 is 9.13 Å². The summed E-state index contributed by atoms with van der Waals surface area (Å²) in [4.78, 5) is 1.53. The van der Waals surface area contributed by atoms with Crippen molar-refractivity contribution in [3.63, 3.8) is 0 Å². The van der Waals surface area contributed by atoms with Crippen molar-refractivity contribution in [3.05, 3.63) is 48.3 Å². The minimum absolute atomic E-state index is 0.271. The zero-order chi connectivity index (χ0) is 15.6. The lowest BCUT2D eigenvalue weighted by molar-refractivity contribution is 0.187. The maximum Gasteiger partial charge on any atom is 0.123 e. The zero-order valence-corrected chi connectivity index (χ0v) is 12.6. The Kier molecular flexibility index (Phi) is 3.67. The van der Waals surface area contributed by atoms with Gasteiger partial charge in [-0.1, -0.05) is 0 Å². The summed E-state index contributed by atoms with van der Waals surface area (Å²) in [5.74, 6) is 0.299. The van der Waals surface area contributed by atoms with Gasteiger partial charge < -0.3 is 10.1 Å². The second-order valence-electron chi connectivity index (χ2n) is 5.78. The molecule has 0 amide bonds. The van der Waals surface area contributed by atoms with Crippen LogP contribution in [-0.2, 0) is 4.74 Å². The highest BCUT2D eigenvalue weighted by molar-refractivity contribution is 5.78. The fourth-order valence-electron chi connectivity index (χ4n) is 2.72. The molecule has 23 heavy (non-hydrogen) atoms. The quantitative estimate of drug-likeness (QED) is 0.804. The van der Waals surface area contributed by atoms with Crippen molar-refractivity contribution in [2.75, 3.05) is 25.1 Å². The molecule has 2 heterocycles. The number of fused-ring (bicyclic) bond motifs is 1. The van der Waals surface area contributed by atoms with E-state index in [4.69, 9.17) is 4.74 Å². The Bertz CT molecular complexity index is 809. The Hall–Kier alpha value is -2.47. The Balaban J connectivity index is 1.55. The molecule has 0 bridgehead atoms. The maximum absolute atomic E-state index is 13.0. The number of benzene rings is 2. The first-order valence-electron chi connectivity index (χ1n) is 7.72. The van der Waals surface area contributed by atoms with Crippen LogP contribution < -0.4 is 5.32 Å². The van der Waals surface area contributed by atoms with E-state index in [1.54, 1.807) is 12.1 Å². The summed E-state index contributed by atoms with van der Waals surface area (Å²) >= 11 is 0. The molecular formula is C17H17FN4O. The van der Waals surface area contributed by atoms with Crippen molar-refractivity contribution in [2.45, 2.75) is 6.42 Å². The third-order valence-electron chi connectivity index (χ3n) is 4.06. The third-order valence-corrected chi connectivity index (χ3v) is 4.06. The SMILES string of the molecule is Fc1ccc(-n2nc3ccc(NCC4CCOC4)cc3n2)cc1. The summed E-state index contributed by atoms with van der Waals surface area (Å²) in [5.41, 5.74) is 3.38. The van der Waals surface area contributed by atoms with Gasteiger partial charge in [-0.25, -0.2) is 4.39 Å². The predicted molar refractivity (Wildman–Crippen MR) is 86.2 cm³/mol. The Morgan fingerprint density at radius 2 is 1.96 bits per heavy atom. The number of ether oxygens (including phenoxy) is 1. The average Bonchev–Trinajstić information content (AvgIpc) is 3.22. The number of nitrogens with one attached hydrogen (secondary N) is 1. The second kappa shape index (κ2) is 5.96. The molecule has 5 nitrogen and oxygen atoms in total. The van der Waals surface area contributed by atoms with E-state index in [0.29, 0.717) is 5.92 Å². The molecule has 1 fully saturated rings. The molecule has 1 aliphatic heterocycles. The van der Waals surface area contributed by atoms with Gasteiger partial charge in [-0.2, -0.15) is 4.80 Å². The maximum atomic E-state index is 13.0. The molecule has 0 saturated carbocycles. The number of halogens is 1. The van der Waals surface area contributed by atoms with Gasteiger partial charge in [-0.3, -0.25) is 0 Å². The van der Waals surface area contributed by atoms with Gasteiger partial charge in [0.25, 0.3) is 0 Å². The lowest BCUT2D eigenvalue weighted by Gasteiger charge is -2.10. The van der Waals surface area contributed by atoms with Crippen LogP contribution in [-0.4, -0.2) is 34.8 Å². The highest BCUT2D eigenvalue weighted by Gasteiger charge is 2.15. The van der Waals surface area contributed by atoms with Crippen LogP contribution in [0.4, 0.5) is 10.1 Å². The van der Waals surface area contributed by atoms with Crippen LogP contribution in [0.1, 0.15) is 6.42 Å². The summed E-state index contributed by atoms with van der Waals surface area (Å²) in [7, 11) is 0. The molecule has 1 aliphatic rings. The smallest absolute Gasteiger partial charge is 0.123 e. The molecular weight excluding hydrogens is 295 g/mol. The van der Waals surface area contributed by atoms with Crippen LogP contribution >= 0.6 is 0 Å². The minimum Gasteiger partial charge on any atom is -0.385 e. The molecule has 1 unspecified atom stereocenters. The van der Waals surface area contributed by atoms with Gasteiger partial charge in [0.1, 0.15) is 16.9 Å². The Labute approximate surface area is 133 Å². The summed E-state index contributed by atoms with van der Waals surface area (Å²) in [6, 6.07) is 12.1. The third kappa shape index (κ3) is 3.03. The van der Waals surface area contributed by atoms with Gasteiger partial charge in [0.2, 0.25) is 0 Å². The van der Waals surface area contributed by atoms with Crippen molar-refractivity contribution in [1.29, 1.82) is 0 Å². The molecule has 0 aliphatic carbocycles. The van der Waals surface area contributed by atoms with Gasteiger partial charge in [0.15, 0.2) is 0 Å². The molecule has 2 aromatic carbocycles. The summed E-state index contributed by atoms with van der Waals surface area (Å²) < 4.78 is 18.4. The van der Waals surface area contributed by atoms with E-state index >= 15 is 0 Å². The number of nitrogens with zero attached hydrogens (tertiary/aromatic N) is 3. The van der Waals surface area contributed by atoms with Crippen LogP contribution in [0.25, 0.3) is 16.7 Å². The number of hydrogen-bond donors (Lipinski definition) is 1. The monoisotopic (exact) mass is 312 g/mol. The zero-order valence-electron chi connectivity index (χ0n) is 12.6.